The first-order valence-electron chi connectivity index (χ1n) is 7.83. The number of esters is 1. The molecule has 2 atom stereocenters. The lowest BCUT2D eigenvalue weighted by Gasteiger charge is -2.24. The van der Waals surface area contributed by atoms with Gasteiger partial charge in [-0.3, -0.25) is 4.79 Å². The number of nitrogens with two attached hydrogens (primary N) is 1. The van der Waals surface area contributed by atoms with E-state index in [4.69, 9.17) is 10.5 Å². The number of ether oxygens (including phenoxy) is 1. The summed E-state index contributed by atoms with van der Waals surface area (Å²) in [6.07, 6.45) is 1.50. The average molecular weight is 311 g/mol. The molecule has 0 rings (SSSR count). The number of hydrogen-bond acceptors (Lipinski definition) is 3. The molecule has 0 aliphatic heterocycles. The van der Waals surface area contributed by atoms with Crippen molar-refractivity contribution in [1.29, 1.82) is 0 Å². The van der Waals surface area contributed by atoms with Gasteiger partial charge in [-0.25, -0.2) is 0 Å². The van der Waals surface area contributed by atoms with Crippen LogP contribution >= 0.6 is 0 Å². The van der Waals surface area contributed by atoms with E-state index in [2.05, 4.69) is 6.92 Å². The minimum Gasteiger partial charge on any atom is -0.465 e. The van der Waals surface area contributed by atoms with E-state index in [9.17, 15) is 18.0 Å². The molecule has 0 spiro atoms. The lowest BCUT2D eigenvalue weighted by atomic mass is 9.93. The molecule has 0 aromatic carbocycles. The molecule has 0 saturated heterocycles. The third-order valence-corrected chi connectivity index (χ3v) is 3.48. The third kappa shape index (κ3) is 8.96. The number of carbonyl (C=O) groups excluding carboxylic acids is 1. The highest BCUT2D eigenvalue weighted by molar-refractivity contribution is 5.73. The Morgan fingerprint density at radius 1 is 1.05 bits per heavy atom. The molecule has 126 valence electrons. The first-order valence-corrected chi connectivity index (χ1v) is 7.83. The van der Waals surface area contributed by atoms with Crippen molar-refractivity contribution in [3.63, 3.8) is 0 Å². The SMILES string of the molecule is CCCCCCC[C@H](C(=O)OCCCC)[C@H](N)C(F)(F)F. The third-order valence-electron chi connectivity index (χ3n) is 3.48. The van der Waals surface area contributed by atoms with Crippen LogP contribution in [0, 0.1) is 5.92 Å². The molecule has 0 saturated carbocycles. The Bertz CT molecular complexity index is 283. The standard InChI is InChI=1S/C15H28F3NO2/c1-3-5-7-8-9-10-12(13(19)15(16,17)18)14(20)21-11-6-4-2/h12-13H,3-11,19H2,1-2H3/t12-,13-/m0/s1. The zero-order valence-corrected chi connectivity index (χ0v) is 13.0. The Balaban J connectivity index is 4.43. The van der Waals surface area contributed by atoms with Crippen LogP contribution in [0.4, 0.5) is 13.2 Å². The number of halogens is 3. The molecule has 0 aromatic heterocycles. The Labute approximate surface area is 125 Å². The van der Waals surface area contributed by atoms with Gasteiger partial charge in [-0.05, 0) is 12.8 Å². The molecule has 0 radical (unpaired) electrons. The summed E-state index contributed by atoms with van der Waals surface area (Å²) in [4.78, 5) is 11.8. The number of hydrogen-bond donors (Lipinski definition) is 1. The van der Waals surface area contributed by atoms with Gasteiger partial charge in [0.1, 0.15) is 6.04 Å². The predicted octanol–water partition coefficient (Wildman–Crippen LogP) is 4.20. The highest BCUT2D eigenvalue weighted by Crippen LogP contribution is 2.28. The summed E-state index contributed by atoms with van der Waals surface area (Å²) in [5.41, 5.74) is 5.22. The van der Waals surface area contributed by atoms with Gasteiger partial charge < -0.3 is 10.5 Å². The van der Waals surface area contributed by atoms with E-state index in [0.717, 1.165) is 32.1 Å². The molecular formula is C15H28F3NO2. The van der Waals surface area contributed by atoms with Crippen LogP contribution in [0.2, 0.25) is 0 Å². The second-order valence-corrected chi connectivity index (χ2v) is 5.40. The maximum Gasteiger partial charge on any atom is 0.404 e. The van der Waals surface area contributed by atoms with Crippen molar-refractivity contribution >= 4 is 5.97 Å². The summed E-state index contributed by atoms with van der Waals surface area (Å²) in [6, 6.07) is -2.14. The fourth-order valence-corrected chi connectivity index (χ4v) is 2.06. The van der Waals surface area contributed by atoms with Gasteiger partial charge in [0.2, 0.25) is 0 Å². The van der Waals surface area contributed by atoms with Crippen molar-refractivity contribution in [3.8, 4) is 0 Å². The van der Waals surface area contributed by atoms with Gasteiger partial charge in [-0.2, -0.15) is 13.2 Å². The van der Waals surface area contributed by atoms with E-state index in [1.54, 1.807) is 0 Å². The van der Waals surface area contributed by atoms with Crippen LogP contribution in [-0.4, -0.2) is 24.8 Å². The summed E-state index contributed by atoms with van der Waals surface area (Å²) < 4.78 is 43.2. The summed E-state index contributed by atoms with van der Waals surface area (Å²) >= 11 is 0. The monoisotopic (exact) mass is 311 g/mol. The van der Waals surface area contributed by atoms with Crippen LogP contribution in [0.15, 0.2) is 0 Å². The van der Waals surface area contributed by atoms with Crippen molar-refractivity contribution in [2.24, 2.45) is 11.7 Å². The van der Waals surface area contributed by atoms with Crippen LogP contribution < -0.4 is 5.73 Å². The van der Waals surface area contributed by atoms with Crippen LogP contribution in [0.3, 0.4) is 0 Å². The smallest absolute Gasteiger partial charge is 0.404 e. The van der Waals surface area contributed by atoms with Gasteiger partial charge in [0.25, 0.3) is 0 Å². The van der Waals surface area contributed by atoms with Gasteiger partial charge in [0, 0.05) is 0 Å². The lowest BCUT2D eigenvalue weighted by molar-refractivity contribution is -0.177. The Morgan fingerprint density at radius 3 is 2.14 bits per heavy atom. The predicted molar refractivity (Wildman–Crippen MR) is 76.8 cm³/mol. The highest BCUT2D eigenvalue weighted by atomic mass is 19.4. The molecule has 3 nitrogen and oxygen atoms in total. The maximum atomic E-state index is 12.7. The molecule has 6 heteroatoms. The molecule has 0 aliphatic carbocycles. The molecule has 0 fully saturated rings. The van der Waals surface area contributed by atoms with Gasteiger partial charge in [0.15, 0.2) is 0 Å². The molecule has 0 bridgehead atoms. The van der Waals surface area contributed by atoms with Gasteiger partial charge >= 0.3 is 12.1 Å². The number of carbonyl (C=O) groups is 1. The van der Waals surface area contributed by atoms with Crippen LogP contribution in [0.5, 0.6) is 0 Å². The van der Waals surface area contributed by atoms with E-state index in [1.807, 2.05) is 6.92 Å². The summed E-state index contributed by atoms with van der Waals surface area (Å²) in [5, 5.41) is 0. The first-order chi connectivity index (χ1) is 9.84. The number of rotatable bonds is 11. The second kappa shape index (κ2) is 10.9. The normalized spacial score (nSPS) is 14.8. The minimum atomic E-state index is -4.57. The van der Waals surface area contributed by atoms with E-state index < -0.39 is 24.1 Å². The molecular weight excluding hydrogens is 283 g/mol. The molecule has 0 heterocycles. The van der Waals surface area contributed by atoms with Gasteiger partial charge in [-0.1, -0.05) is 52.4 Å². The summed E-state index contributed by atoms with van der Waals surface area (Å²) in [7, 11) is 0. The average Bonchev–Trinajstić information content (AvgIpc) is 2.41. The zero-order chi connectivity index (χ0) is 16.3. The fourth-order valence-electron chi connectivity index (χ4n) is 2.06. The largest absolute Gasteiger partial charge is 0.465 e. The van der Waals surface area contributed by atoms with Crippen molar-refractivity contribution in [2.75, 3.05) is 6.61 Å². The maximum absolute atomic E-state index is 12.7. The van der Waals surface area contributed by atoms with Crippen molar-refractivity contribution < 1.29 is 22.7 Å². The Hall–Kier alpha value is -0.780. The van der Waals surface area contributed by atoms with Crippen LogP contribution in [0.1, 0.15) is 65.2 Å². The molecule has 0 unspecified atom stereocenters. The zero-order valence-electron chi connectivity index (χ0n) is 13.0. The van der Waals surface area contributed by atoms with E-state index in [-0.39, 0.29) is 13.0 Å². The van der Waals surface area contributed by atoms with E-state index in [0.29, 0.717) is 12.8 Å². The number of unbranched alkanes of at least 4 members (excludes halogenated alkanes) is 5. The van der Waals surface area contributed by atoms with Crippen molar-refractivity contribution in [2.45, 2.75) is 77.4 Å². The first kappa shape index (κ1) is 20.2. The molecule has 0 amide bonds. The van der Waals surface area contributed by atoms with Crippen molar-refractivity contribution in [3.05, 3.63) is 0 Å². The Morgan fingerprint density at radius 2 is 1.62 bits per heavy atom. The second-order valence-electron chi connectivity index (χ2n) is 5.40. The topological polar surface area (TPSA) is 52.3 Å². The quantitative estimate of drug-likeness (QED) is 0.459. The van der Waals surface area contributed by atoms with Crippen molar-refractivity contribution in [1.82, 2.24) is 0 Å². The van der Waals surface area contributed by atoms with Crippen LogP contribution in [0.25, 0.3) is 0 Å². The Kier molecular flexibility index (Phi) is 10.5. The van der Waals surface area contributed by atoms with E-state index >= 15 is 0 Å². The highest BCUT2D eigenvalue weighted by Gasteiger charge is 2.45. The molecule has 21 heavy (non-hydrogen) atoms. The lowest BCUT2D eigenvalue weighted by Crippen LogP contribution is -2.47. The van der Waals surface area contributed by atoms with Gasteiger partial charge in [0.05, 0.1) is 12.5 Å². The summed E-state index contributed by atoms with van der Waals surface area (Å²) in [5.74, 6) is -2.10. The molecule has 0 aromatic rings. The molecule has 0 aliphatic rings. The number of alkyl halides is 3. The summed E-state index contributed by atoms with van der Waals surface area (Å²) in [6.45, 7) is 4.14. The molecule has 2 N–H and O–H groups in total. The minimum absolute atomic E-state index is 0.134. The van der Waals surface area contributed by atoms with Gasteiger partial charge in [-0.15, -0.1) is 0 Å². The fraction of sp³-hybridized carbons (Fsp3) is 0.933. The van der Waals surface area contributed by atoms with E-state index in [1.165, 1.54) is 0 Å². The van der Waals surface area contributed by atoms with Crippen LogP contribution in [-0.2, 0) is 9.53 Å².